The molecule has 0 aliphatic carbocycles. The molecule has 1 rings (SSSR count). The van der Waals surface area contributed by atoms with E-state index >= 15 is 0 Å². The van der Waals surface area contributed by atoms with Crippen LogP contribution in [-0.4, -0.2) is 18.3 Å². The van der Waals surface area contributed by atoms with Crippen molar-refractivity contribution in [2.24, 2.45) is 5.92 Å². The lowest BCUT2D eigenvalue weighted by molar-refractivity contribution is 0.201. The maximum absolute atomic E-state index is 8.73. The largest absolute Gasteiger partial charge is 0.491 e. The number of rotatable bonds is 9. The molecule has 0 saturated heterocycles. The van der Waals surface area contributed by atoms with Gasteiger partial charge in [-0.3, -0.25) is 0 Å². The molecule has 0 amide bonds. The SMILES string of the molecule is CCC(C)CCC(CC)c1ccc(OCCO)cc1. The quantitative estimate of drug-likeness (QED) is 0.717. The average Bonchev–Trinajstić information content (AvgIpc) is 2.46. The zero-order chi connectivity index (χ0) is 14.1. The molecule has 0 bridgehead atoms. The van der Waals surface area contributed by atoms with Gasteiger partial charge >= 0.3 is 0 Å². The van der Waals surface area contributed by atoms with Crippen molar-refractivity contribution in [1.82, 2.24) is 0 Å². The van der Waals surface area contributed by atoms with Gasteiger partial charge in [0.2, 0.25) is 0 Å². The van der Waals surface area contributed by atoms with E-state index < -0.39 is 0 Å². The van der Waals surface area contributed by atoms with Crippen LogP contribution in [0.1, 0.15) is 57.9 Å². The van der Waals surface area contributed by atoms with Gasteiger partial charge in [0, 0.05) is 0 Å². The zero-order valence-electron chi connectivity index (χ0n) is 12.6. The van der Waals surface area contributed by atoms with E-state index in [9.17, 15) is 0 Å². The second-order valence-electron chi connectivity index (χ2n) is 5.34. The topological polar surface area (TPSA) is 29.5 Å². The first-order chi connectivity index (χ1) is 9.21. The van der Waals surface area contributed by atoms with Gasteiger partial charge in [0.25, 0.3) is 0 Å². The summed E-state index contributed by atoms with van der Waals surface area (Å²) in [6, 6.07) is 8.35. The van der Waals surface area contributed by atoms with Crippen molar-refractivity contribution in [3.63, 3.8) is 0 Å². The molecule has 1 aromatic rings. The van der Waals surface area contributed by atoms with Crippen molar-refractivity contribution in [2.75, 3.05) is 13.2 Å². The molecule has 0 aliphatic heterocycles. The summed E-state index contributed by atoms with van der Waals surface area (Å²) in [7, 11) is 0. The highest BCUT2D eigenvalue weighted by Gasteiger charge is 2.11. The average molecular weight is 264 g/mol. The highest BCUT2D eigenvalue weighted by molar-refractivity contribution is 5.29. The summed E-state index contributed by atoms with van der Waals surface area (Å²) in [5.74, 6) is 2.32. The molecule has 0 heterocycles. The van der Waals surface area contributed by atoms with E-state index in [0.717, 1.165) is 11.7 Å². The van der Waals surface area contributed by atoms with Gasteiger partial charge in [-0.05, 0) is 42.4 Å². The summed E-state index contributed by atoms with van der Waals surface area (Å²) in [4.78, 5) is 0. The Balaban J connectivity index is 2.55. The normalized spacial score (nSPS) is 14.1. The van der Waals surface area contributed by atoms with Crippen LogP contribution in [0.5, 0.6) is 5.75 Å². The molecule has 0 fully saturated rings. The summed E-state index contributed by atoms with van der Waals surface area (Å²) in [6.07, 6.45) is 5.03. The predicted molar refractivity (Wildman–Crippen MR) is 80.7 cm³/mol. The smallest absolute Gasteiger partial charge is 0.119 e. The van der Waals surface area contributed by atoms with E-state index in [0.29, 0.717) is 12.5 Å². The molecule has 1 N–H and O–H groups in total. The lowest BCUT2D eigenvalue weighted by atomic mass is 9.88. The Morgan fingerprint density at radius 1 is 1.05 bits per heavy atom. The van der Waals surface area contributed by atoms with Crippen molar-refractivity contribution in [3.8, 4) is 5.75 Å². The molecular formula is C17H28O2. The number of ether oxygens (including phenoxy) is 1. The Morgan fingerprint density at radius 3 is 2.26 bits per heavy atom. The third kappa shape index (κ3) is 5.65. The Bertz CT molecular complexity index is 332. The van der Waals surface area contributed by atoms with Crippen LogP contribution < -0.4 is 4.74 Å². The van der Waals surface area contributed by atoms with E-state index in [1.807, 2.05) is 12.1 Å². The van der Waals surface area contributed by atoms with Crippen molar-refractivity contribution in [2.45, 2.75) is 52.4 Å². The molecule has 2 atom stereocenters. The minimum absolute atomic E-state index is 0.0637. The predicted octanol–water partition coefficient (Wildman–Crippen LogP) is 4.38. The van der Waals surface area contributed by atoms with Crippen LogP contribution in [0.25, 0.3) is 0 Å². The molecule has 2 heteroatoms. The number of hydrogen-bond acceptors (Lipinski definition) is 2. The minimum atomic E-state index is 0.0637. The summed E-state index contributed by atoms with van der Waals surface area (Å²) in [6.45, 7) is 7.29. The third-order valence-corrected chi connectivity index (χ3v) is 3.91. The fourth-order valence-corrected chi connectivity index (χ4v) is 2.30. The maximum atomic E-state index is 8.73. The second-order valence-corrected chi connectivity index (χ2v) is 5.34. The summed E-state index contributed by atoms with van der Waals surface area (Å²) in [5.41, 5.74) is 1.40. The Labute approximate surface area is 117 Å². The molecule has 0 spiro atoms. The molecular weight excluding hydrogens is 236 g/mol. The first-order valence-electron chi connectivity index (χ1n) is 7.54. The van der Waals surface area contributed by atoms with Crippen molar-refractivity contribution in [1.29, 1.82) is 0 Å². The minimum Gasteiger partial charge on any atom is -0.491 e. The van der Waals surface area contributed by atoms with Gasteiger partial charge in [-0.1, -0.05) is 45.7 Å². The van der Waals surface area contributed by atoms with E-state index in [4.69, 9.17) is 9.84 Å². The van der Waals surface area contributed by atoms with Crippen LogP contribution >= 0.6 is 0 Å². The highest BCUT2D eigenvalue weighted by atomic mass is 16.5. The van der Waals surface area contributed by atoms with Gasteiger partial charge in [-0.15, -0.1) is 0 Å². The van der Waals surface area contributed by atoms with Crippen LogP contribution in [0.4, 0.5) is 0 Å². The van der Waals surface area contributed by atoms with E-state index in [2.05, 4.69) is 32.9 Å². The van der Waals surface area contributed by atoms with Crippen molar-refractivity contribution in [3.05, 3.63) is 29.8 Å². The first-order valence-corrected chi connectivity index (χ1v) is 7.54. The zero-order valence-corrected chi connectivity index (χ0v) is 12.6. The second kappa shape index (κ2) is 8.98. The molecule has 0 aromatic heterocycles. The molecule has 0 radical (unpaired) electrons. The Kier molecular flexibility index (Phi) is 7.57. The van der Waals surface area contributed by atoms with Crippen molar-refractivity contribution < 1.29 is 9.84 Å². The van der Waals surface area contributed by atoms with E-state index in [1.54, 1.807) is 0 Å². The van der Waals surface area contributed by atoms with Gasteiger partial charge in [0.05, 0.1) is 6.61 Å². The Hall–Kier alpha value is -1.02. The lowest BCUT2D eigenvalue weighted by Crippen LogP contribution is -2.03. The maximum Gasteiger partial charge on any atom is 0.119 e. The van der Waals surface area contributed by atoms with E-state index in [1.165, 1.54) is 31.2 Å². The van der Waals surface area contributed by atoms with Crippen molar-refractivity contribution >= 4 is 0 Å². The van der Waals surface area contributed by atoms with Gasteiger partial charge in [-0.25, -0.2) is 0 Å². The first kappa shape index (κ1) is 16.0. The van der Waals surface area contributed by atoms with Gasteiger partial charge in [0.1, 0.15) is 12.4 Å². The molecule has 2 unspecified atom stereocenters. The van der Waals surface area contributed by atoms with Crippen LogP contribution in [0, 0.1) is 5.92 Å². The fraction of sp³-hybridized carbons (Fsp3) is 0.647. The number of aliphatic hydroxyl groups excluding tert-OH is 1. The summed E-state index contributed by atoms with van der Waals surface area (Å²) >= 11 is 0. The molecule has 0 saturated carbocycles. The van der Waals surface area contributed by atoms with E-state index in [-0.39, 0.29) is 6.61 Å². The van der Waals surface area contributed by atoms with Crippen LogP contribution in [-0.2, 0) is 0 Å². The molecule has 0 aliphatic rings. The standard InChI is InChI=1S/C17H28O2/c1-4-14(3)6-7-15(5-2)16-8-10-17(11-9-16)19-13-12-18/h8-11,14-15,18H,4-7,12-13H2,1-3H3. The molecule has 1 aromatic carbocycles. The van der Waals surface area contributed by atoms with Crippen LogP contribution in [0.3, 0.4) is 0 Å². The van der Waals surface area contributed by atoms with Gasteiger partial charge in [0.15, 0.2) is 0 Å². The lowest BCUT2D eigenvalue weighted by Gasteiger charge is -2.18. The molecule has 19 heavy (non-hydrogen) atoms. The van der Waals surface area contributed by atoms with Gasteiger partial charge < -0.3 is 9.84 Å². The number of benzene rings is 1. The third-order valence-electron chi connectivity index (χ3n) is 3.91. The highest BCUT2D eigenvalue weighted by Crippen LogP contribution is 2.28. The Morgan fingerprint density at radius 2 is 1.74 bits per heavy atom. The molecule has 108 valence electrons. The summed E-state index contributed by atoms with van der Waals surface area (Å²) in [5, 5.41) is 8.73. The fourth-order valence-electron chi connectivity index (χ4n) is 2.30. The van der Waals surface area contributed by atoms with Crippen LogP contribution in [0.2, 0.25) is 0 Å². The number of hydrogen-bond donors (Lipinski definition) is 1. The monoisotopic (exact) mass is 264 g/mol. The van der Waals surface area contributed by atoms with Gasteiger partial charge in [-0.2, -0.15) is 0 Å². The molecule has 2 nitrogen and oxygen atoms in total. The summed E-state index contributed by atoms with van der Waals surface area (Å²) < 4.78 is 5.39. The van der Waals surface area contributed by atoms with Crippen LogP contribution in [0.15, 0.2) is 24.3 Å². The number of aliphatic hydroxyl groups is 1.